The van der Waals surface area contributed by atoms with E-state index in [2.05, 4.69) is 16.4 Å². The first-order chi connectivity index (χ1) is 13.8. The number of hydrogen-bond acceptors (Lipinski definition) is 6. The quantitative estimate of drug-likeness (QED) is 0.451. The van der Waals surface area contributed by atoms with Crippen LogP contribution in [0.25, 0.3) is 10.2 Å². The molecular weight excluding hydrogens is 406 g/mol. The number of benzene rings is 1. The van der Waals surface area contributed by atoms with Crippen LogP contribution in [0.4, 0.5) is 5.69 Å². The van der Waals surface area contributed by atoms with Gasteiger partial charge in [0.15, 0.2) is 5.16 Å². The van der Waals surface area contributed by atoms with Gasteiger partial charge in [-0.3, -0.25) is 14.2 Å². The molecule has 3 aromatic rings. The second-order valence-corrected chi connectivity index (χ2v) is 9.17. The van der Waals surface area contributed by atoms with Gasteiger partial charge in [-0.25, -0.2) is 4.98 Å². The summed E-state index contributed by atoms with van der Waals surface area (Å²) in [7, 11) is 1.60. The minimum atomic E-state index is -0.133. The van der Waals surface area contributed by atoms with Crippen molar-refractivity contribution >= 4 is 44.9 Å². The Kier molecular flexibility index (Phi) is 6.77. The standard InChI is InChI=1S/C21H25N3O3S2/c1-12-8-13(2)10-16(9-12)22-17(25)11-28-21-23-19-18(14(3)15(4)29-19)20(26)24(21)6-7-27-5/h8-10H,6-7,11H2,1-5H3,(H,22,25). The monoisotopic (exact) mass is 431 g/mol. The van der Waals surface area contributed by atoms with Crippen molar-refractivity contribution in [3.63, 3.8) is 0 Å². The Morgan fingerprint density at radius 2 is 1.90 bits per heavy atom. The van der Waals surface area contributed by atoms with E-state index in [9.17, 15) is 9.59 Å². The van der Waals surface area contributed by atoms with Gasteiger partial charge in [-0.2, -0.15) is 0 Å². The Morgan fingerprint density at radius 3 is 2.55 bits per heavy atom. The molecule has 3 rings (SSSR count). The smallest absolute Gasteiger partial charge is 0.263 e. The van der Waals surface area contributed by atoms with Gasteiger partial charge in [0, 0.05) is 17.7 Å². The van der Waals surface area contributed by atoms with Crippen molar-refractivity contribution in [3.05, 3.63) is 50.1 Å². The Balaban J connectivity index is 1.84. The number of carbonyl (C=O) groups is 1. The highest BCUT2D eigenvalue weighted by Crippen LogP contribution is 2.28. The Morgan fingerprint density at radius 1 is 1.21 bits per heavy atom. The molecule has 0 radical (unpaired) electrons. The van der Waals surface area contributed by atoms with E-state index in [0.29, 0.717) is 23.7 Å². The topological polar surface area (TPSA) is 73.2 Å². The number of nitrogens with zero attached hydrogens (tertiary/aromatic N) is 2. The molecule has 154 valence electrons. The SMILES string of the molecule is COCCn1c(SCC(=O)Nc2cc(C)cc(C)c2)nc2sc(C)c(C)c2c1=O. The van der Waals surface area contributed by atoms with Gasteiger partial charge in [0.1, 0.15) is 4.83 Å². The second kappa shape index (κ2) is 9.11. The number of hydrogen-bond donors (Lipinski definition) is 1. The van der Waals surface area contributed by atoms with Gasteiger partial charge >= 0.3 is 0 Å². The molecule has 6 nitrogen and oxygen atoms in total. The van der Waals surface area contributed by atoms with E-state index in [1.165, 1.54) is 23.1 Å². The zero-order valence-corrected chi connectivity index (χ0v) is 18.9. The number of carbonyl (C=O) groups excluding carboxylic acids is 1. The molecule has 1 N–H and O–H groups in total. The number of aryl methyl sites for hydroxylation is 4. The van der Waals surface area contributed by atoms with E-state index in [0.717, 1.165) is 32.1 Å². The molecule has 0 aliphatic carbocycles. The fraction of sp³-hybridized carbons (Fsp3) is 0.381. The summed E-state index contributed by atoms with van der Waals surface area (Å²) in [5.41, 5.74) is 3.86. The molecule has 0 aliphatic rings. The van der Waals surface area contributed by atoms with Crippen LogP contribution in [0.15, 0.2) is 28.2 Å². The summed E-state index contributed by atoms with van der Waals surface area (Å²) in [4.78, 5) is 32.0. The molecular formula is C21H25N3O3S2. The predicted molar refractivity (Wildman–Crippen MR) is 120 cm³/mol. The number of ether oxygens (including phenoxy) is 1. The summed E-state index contributed by atoms with van der Waals surface area (Å²) in [6.07, 6.45) is 0. The Hall–Kier alpha value is -2.16. The first-order valence-electron chi connectivity index (χ1n) is 9.30. The zero-order chi connectivity index (χ0) is 21.1. The van der Waals surface area contributed by atoms with Crippen LogP contribution in [0.1, 0.15) is 21.6 Å². The van der Waals surface area contributed by atoms with Crippen molar-refractivity contribution in [3.8, 4) is 0 Å². The van der Waals surface area contributed by atoms with Gasteiger partial charge in [0.05, 0.1) is 24.3 Å². The lowest BCUT2D eigenvalue weighted by molar-refractivity contribution is -0.113. The minimum absolute atomic E-state index is 0.0777. The van der Waals surface area contributed by atoms with E-state index in [1.807, 2.05) is 39.8 Å². The van der Waals surface area contributed by atoms with E-state index >= 15 is 0 Å². The van der Waals surface area contributed by atoms with Gasteiger partial charge in [-0.05, 0) is 56.5 Å². The number of anilines is 1. The molecule has 0 bridgehead atoms. The van der Waals surface area contributed by atoms with Crippen LogP contribution in [0, 0.1) is 27.7 Å². The lowest BCUT2D eigenvalue weighted by Gasteiger charge is -2.12. The van der Waals surface area contributed by atoms with E-state index in [-0.39, 0.29) is 17.2 Å². The molecule has 1 aromatic carbocycles. The maximum atomic E-state index is 13.1. The van der Waals surface area contributed by atoms with Crippen LogP contribution in [0.2, 0.25) is 0 Å². The van der Waals surface area contributed by atoms with Crippen LogP contribution in [-0.2, 0) is 16.1 Å². The van der Waals surface area contributed by atoms with Crippen molar-refractivity contribution < 1.29 is 9.53 Å². The Labute approximate surface area is 178 Å². The van der Waals surface area contributed by atoms with E-state index in [1.54, 1.807) is 11.7 Å². The lowest BCUT2D eigenvalue weighted by Crippen LogP contribution is -2.26. The molecule has 2 heterocycles. The molecule has 0 fully saturated rings. The maximum absolute atomic E-state index is 13.1. The molecule has 0 atom stereocenters. The molecule has 0 unspecified atom stereocenters. The van der Waals surface area contributed by atoms with Gasteiger partial charge in [0.25, 0.3) is 5.56 Å². The van der Waals surface area contributed by atoms with Crippen molar-refractivity contribution in [1.29, 1.82) is 0 Å². The van der Waals surface area contributed by atoms with Crippen LogP contribution in [0.3, 0.4) is 0 Å². The van der Waals surface area contributed by atoms with Crippen molar-refractivity contribution in [2.45, 2.75) is 39.4 Å². The number of fused-ring (bicyclic) bond motifs is 1. The minimum Gasteiger partial charge on any atom is -0.383 e. The number of thiophene rings is 1. The predicted octanol–water partition coefficient (Wildman–Crippen LogP) is 4.07. The third-order valence-corrected chi connectivity index (χ3v) is 6.69. The van der Waals surface area contributed by atoms with Gasteiger partial charge < -0.3 is 10.1 Å². The van der Waals surface area contributed by atoms with Gasteiger partial charge in [0.2, 0.25) is 5.91 Å². The van der Waals surface area contributed by atoms with Crippen molar-refractivity contribution in [1.82, 2.24) is 9.55 Å². The molecule has 0 saturated heterocycles. The van der Waals surface area contributed by atoms with E-state index in [4.69, 9.17) is 4.74 Å². The first-order valence-corrected chi connectivity index (χ1v) is 11.1. The fourth-order valence-electron chi connectivity index (χ4n) is 3.17. The van der Waals surface area contributed by atoms with E-state index < -0.39 is 0 Å². The number of rotatable bonds is 7. The fourth-order valence-corrected chi connectivity index (χ4v) is 5.07. The number of thioether (sulfide) groups is 1. The molecule has 29 heavy (non-hydrogen) atoms. The second-order valence-electron chi connectivity index (χ2n) is 7.02. The summed E-state index contributed by atoms with van der Waals surface area (Å²) in [6, 6.07) is 5.93. The summed E-state index contributed by atoms with van der Waals surface area (Å²) < 4.78 is 6.77. The largest absolute Gasteiger partial charge is 0.383 e. The summed E-state index contributed by atoms with van der Waals surface area (Å²) in [5, 5.41) is 4.12. The van der Waals surface area contributed by atoms with Crippen LogP contribution < -0.4 is 10.9 Å². The number of methoxy groups -OCH3 is 1. The lowest BCUT2D eigenvalue weighted by atomic mass is 10.1. The van der Waals surface area contributed by atoms with Crippen molar-refractivity contribution in [2.75, 3.05) is 24.8 Å². The first kappa shape index (κ1) is 21.5. The number of aromatic nitrogens is 2. The number of amides is 1. The highest BCUT2D eigenvalue weighted by Gasteiger charge is 2.17. The third kappa shape index (κ3) is 4.88. The summed E-state index contributed by atoms with van der Waals surface area (Å²) in [6.45, 7) is 8.73. The molecule has 0 spiro atoms. The average molecular weight is 432 g/mol. The Bertz CT molecular complexity index is 1100. The molecule has 2 aromatic heterocycles. The maximum Gasteiger partial charge on any atom is 0.263 e. The molecule has 1 amide bonds. The van der Waals surface area contributed by atoms with Gasteiger partial charge in [-0.15, -0.1) is 11.3 Å². The van der Waals surface area contributed by atoms with Crippen molar-refractivity contribution in [2.24, 2.45) is 0 Å². The molecule has 0 saturated carbocycles. The zero-order valence-electron chi connectivity index (χ0n) is 17.3. The molecule has 0 aliphatic heterocycles. The highest BCUT2D eigenvalue weighted by atomic mass is 32.2. The van der Waals surface area contributed by atoms with Gasteiger partial charge in [-0.1, -0.05) is 17.8 Å². The van der Waals surface area contributed by atoms with Crippen LogP contribution in [-0.4, -0.2) is 34.9 Å². The highest BCUT2D eigenvalue weighted by molar-refractivity contribution is 7.99. The third-order valence-electron chi connectivity index (χ3n) is 4.61. The normalized spacial score (nSPS) is 11.2. The van der Waals surface area contributed by atoms with Crippen LogP contribution >= 0.6 is 23.1 Å². The van der Waals surface area contributed by atoms with Crippen LogP contribution in [0.5, 0.6) is 0 Å². The summed E-state index contributed by atoms with van der Waals surface area (Å²) >= 11 is 2.78. The summed E-state index contributed by atoms with van der Waals surface area (Å²) in [5.74, 6) is 0.0347. The molecule has 8 heteroatoms. The average Bonchev–Trinajstić information content (AvgIpc) is 2.92. The number of nitrogens with one attached hydrogen (secondary N) is 1.